The number of nitrogens with one attached hydrogen (secondary N) is 1. The van der Waals surface area contributed by atoms with Gasteiger partial charge in [-0.15, -0.1) is 0 Å². The van der Waals surface area contributed by atoms with Crippen molar-refractivity contribution in [2.24, 2.45) is 0 Å². The third-order valence-electron chi connectivity index (χ3n) is 4.02. The third kappa shape index (κ3) is 5.35. The van der Waals surface area contributed by atoms with Gasteiger partial charge in [-0.3, -0.25) is 0 Å². The number of aryl methyl sites for hydroxylation is 1. The van der Waals surface area contributed by atoms with E-state index in [4.69, 9.17) is 4.74 Å². The smallest absolute Gasteiger partial charge is 0.216 e. The molecule has 0 spiro atoms. The highest BCUT2D eigenvalue weighted by molar-refractivity contribution is 7.88. The largest absolute Gasteiger partial charge is 0.497 e. The normalized spacial score (nSPS) is 11.3. The number of hydrogen-bond donors (Lipinski definition) is 1. The first kappa shape index (κ1) is 19.0. The van der Waals surface area contributed by atoms with Crippen LogP contribution < -0.4 is 9.46 Å². The fourth-order valence-electron chi connectivity index (χ4n) is 2.67. The predicted octanol–water partition coefficient (Wildman–Crippen LogP) is 3.08. The zero-order valence-electron chi connectivity index (χ0n) is 15.2. The Kier molecular flexibility index (Phi) is 5.83. The lowest BCUT2D eigenvalue weighted by Gasteiger charge is -2.08. The van der Waals surface area contributed by atoms with E-state index < -0.39 is 10.0 Å². The van der Waals surface area contributed by atoms with E-state index in [1.54, 1.807) is 19.2 Å². The minimum Gasteiger partial charge on any atom is -0.497 e. The van der Waals surface area contributed by atoms with Crippen LogP contribution in [0.15, 0.2) is 60.9 Å². The van der Waals surface area contributed by atoms with Crippen LogP contribution in [0.3, 0.4) is 0 Å². The van der Waals surface area contributed by atoms with Gasteiger partial charge in [-0.05, 0) is 42.8 Å². The third-order valence-corrected chi connectivity index (χ3v) is 5.32. The molecule has 2 aromatic carbocycles. The van der Waals surface area contributed by atoms with Gasteiger partial charge in [-0.1, -0.05) is 29.8 Å². The van der Waals surface area contributed by atoms with E-state index in [1.165, 1.54) is 6.33 Å². The topological polar surface area (TPSA) is 81.2 Å². The Morgan fingerprint density at radius 2 is 1.81 bits per heavy atom. The molecule has 0 unspecified atom stereocenters. The minimum absolute atomic E-state index is 0.0644. The van der Waals surface area contributed by atoms with Gasteiger partial charge < -0.3 is 4.74 Å². The van der Waals surface area contributed by atoms with E-state index in [0.717, 1.165) is 28.1 Å². The van der Waals surface area contributed by atoms with E-state index >= 15 is 0 Å². The molecular weight excluding hydrogens is 362 g/mol. The fraction of sp³-hybridized carbons (Fsp3) is 0.200. The van der Waals surface area contributed by atoms with Gasteiger partial charge in [0, 0.05) is 5.56 Å². The van der Waals surface area contributed by atoms with Gasteiger partial charge in [-0.25, -0.2) is 23.1 Å². The molecular formula is C20H21N3O3S. The molecule has 0 amide bonds. The quantitative estimate of drug-likeness (QED) is 0.678. The summed E-state index contributed by atoms with van der Waals surface area (Å²) in [5.74, 6) is 0.697. The highest BCUT2D eigenvalue weighted by atomic mass is 32.2. The van der Waals surface area contributed by atoms with Crippen LogP contribution in [-0.4, -0.2) is 25.5 Å². The number of nitrogens with zero attached hydrogens (tertiary/aromatic N) is 2. The molecule has 7 heteroatoms. The van der Waals surface area contributed by atoms with Crippen molar-refractivity contribution in [3.8, 4) is 17.0 Å². The monoisotopic (exact) mass is 383 g/mol. The molecule has 0 aliphatic carbocycles. The maximum Gasteiger partial charge on any atom is 0.216 e. The molecule has 1 heterocycles. The summed E-state index contributed by atoms with van der Waals surface area (Å²) in [6, 6.07) is 16.7. The van der Waals surface area contributed by atoms with Crippen LogP contribution >= 0.6 is 0 Å². The predicted molar refractivity (Wildman–Crippen MR) is 105 cm³/mol. The standard InChI is InChI=1S/C20H21N3O3S/c1-15-4-3-5-16(10-15)13-27(24,25)23-12-18-11-20(22-14-21-18)17-6-8-19(26-2)9-7-17/h3-11,14,23H,12-13H2,1-2H3. The van der Waals surface area contributed by atoms with Gasteiger partial charge in [-0.2, -0.15) is 0 Å². The first-order valence-corrected chi connectivity index (χ1v) is 10.1. The van der Waals surface area contributed by atoms with Crippen LogP contribution in [-0.2, 0) is 22.3 Å². The molecule has 1 N–H and O–H groups in total. The lowest BCUT2D eigenvalue weighted by Crippen LogP contribution is -2.25. The Balaban J connectivity index is 1.68. The Morgan fingerprint density at radius 1 is 1.04 bits per heavy atom. The zero-order chi connectivity index (χ0) is 19.3. The molecule has 0 saturated heterocycles. The summed E-state index contributed by atoms with van der Waals surface area (Å²) in [6.45, 7) is 2.05. The van der Waals surface area contributed by atoms with E-state index in [0.29, 0.717) is 5.69 Å². The van der Waals surface area contributed by atoms with Gasteiger partial charge >= 0.3 is 0 Å². The Hall–Kier alpha value is -2.77. The number of aromatic nitrogens is 2. The minimum atomic E-state index is -3.46. The van der Waals surface area contributed by atoms with Gasteiger partial charge in [0.25, 0.3) is 0 Å². The molecule has 0 aliphatic rings. The maximum absolute atomic E-state index is 12.3. The molecule has 0 bridgehead atoms. The number of sulfonamides is 1. The van der Waals surface area contributed by atoms with Crippen LogP contribution in [0.1, 0.15) is 16.8 Å². The Morgan fingerprint density at radius 3 is 2.52 bits per heavy atom. The molecule has 1 aromatic heterocycles. The van der Waals surface area contributed by atoms with Crippen molar-refractivity contribution in [1.82, 2.24) is 14.7 Å². The van der Waals surface area contributed by atoms with Gasteiger partial charge in [0.2, 0.25) is 10.0 Å². The van der Waals surface area contributed by atoms with E-state index in [-0.39, 0.29) is 12.3 Å². The van der Waals surface area contributed by atoms with Crippen molar-refractivity contribution >= 4 is 10.0 Å². The summed E-state index contributed by atoms with van der Waals surface area (Å²) >= 11 is 0. The fourth-order valence-corrected chi connectivity index (χ4v) is 3.76. The SMILES string of the molecule is COc1ccc(-c2cc(CNS(=O)(=O)Cc3cccc(C)c3)ncn2)cc1. The molecule has 3 rings (SSSR count). The van der Waals surface area contributed by atoms with E-state index in [2.05, 4.69) is 14.7 Å². The summed E-state index contributed by atoms with van der Waals surface area (Å²) in [4.78, 5) is 8.42. The van der Waals surface area contributed by atoms with Crippen LogP contribution in [0, 0.1) is 6.92 Å². The van der Waals surface area contributed by atoms with Crippen LogP contribution in [0.5, 0.6) is 5.75 Å². The van der Waals surface area contributed by atoms with Gasteiger partial charge in [0.15, 0.2) is 0 Å². The first-order valence-electron chi connectivity index (χ1n) is 8.43. The van der Waals surface area contributed by atoms with E-state index in [9.17, 15) is 8.42 Å². The van der Waals surface area contributed by atoms with Gasteiger partial charge in [0.05, 0.1) is 30.8 Å². The maximum atomic E-state index is 12.3. The van der Waals surface area contributed by atoms with Crippen molar-refractivity contribution in [3.63, 3.8) is 0 Å². The number of benzene rings is 2. The van der Waals surface area contributed by atoms with Crippen LogP contribution in [0.25, 0.3) is 11.3 Å². The second-order valence-electron chi connectivity index (χ2n) is 6.19. The zero-order valence-corrected chi connectivity index (χ0v) is 16.0. The first-order chi connectivity index (χ1) is 12.9. The number of rotatable bonds is 7. The van der Waals surface area contributed by atoms with Crippen LogP contribution in [0.4, 0.5) is 0 Å². The van der Waals surface area contributed by atoms with Crippen molar-refractivity contribution in [3.05, 3.63) is 77.7 Å². The molecule has 0 atom stereocenters. The molecule has 3 aromatic rings. The number of ether oxygens (including phenoxy) is 1. The molecule has 6 nitrogen and oxygen atoms in total. The van der Waals surface area contributed by atoms with Crippen LogP contribution in [0.2, 0.25) is 0 Å². The summed E-state index contributed by atoms with van der Waals surface area (Å²) in [5.41, 5.74) is 4.01. The summed E-state index contributed by atoms with van der Waals surface area (Å²) in [5, 5.41) is 0. The molecule has 27 heavy (non-hydrogen) atoms. The van der Waals surface area contributed by atoms with Crippen molar-refractivity contribution in [1.29, 1.82) is 0 Å². The number of hydrogen-bond acceptors (Lipinski definition) is 5. The highest BCUT2D eigenvalue weighted by Gasteiger charge is 2.12. The average molecular weight is 383 g/mol. The molecule has 140 valence electrons. The van der Waals surface area contributed by atoms with Gasteiger partial charge in [0.1, 0.15) is 12.1 Å². The Labute approximate surface area is 159 Å². The average Bonchev–Trinajstić information content (AvgIpc) is 2.66. The lowest BCUT2D eigenvalue weighted by molar-refractivity contribution is 0.415. The van der Waals surface area contributed by atoms with Crippen molar-refractivity contribution in [2.75, 3.05) is 7.11 Å². The molecule has 0 saturated carbocycles. The van der Waals surface area contributed by atoms with E-state index in [1.807, 2.05) is 49.4 Å². The molecule has 0 fully saturated rings. The summed E-state index contributed by atoms with van der Waals surface area (Å²) < 4.78 is 32.4. The highest BCUT2D eigenvalue weighted by Crippen LogP contribution is 2.20. The Bertz CT molecular complexity index is 1020. The second kappa shape index (κ2) is 8.28. The lowest BCUT2D eigenvalue weighted by atomic mass is 10.1. The molecule has 0 aliphatic heterocycles. The van der Waals surface area contributed by atoms with Crippen molar-refractivity contribution < 1.29 is 13.2 Å². The summed E-state index contributed by atoms with van der Waals surface area (Å²) in [7, 11) is -1.85. The second-order valence-corrected chi connectivity index (χ2v) is 8.00. The number of methoxy groups -OCH3 is 1. The van der Waals surface area contributed by atoms with Crippen molar-refractivity contribution in [2.45, 2.75) is 19.2 Å². The summed E-state index contributed by atoms with van der Waals surface area (Å²) in [6.07, 6.45) is 1.43. The molecule has 0 radical (unpaired) electrons.